The Kier molecular flexibility index (Phi) is 4.93. The van der Waals surface area contributed by atoms with Crippen LogP contribution in [0.2, 0.25) is 0 Å². The number of pyridine rings is 1. The largest absolute Gasteiger partial charge is 0.351 e. The summed E-state index contributed by atoms with van der Waals surface area (Å²) in [7, 11) is 4.12. The van der Waals surface area contributed by atoms with Gasteiger partial charge in [0, 0.05) is 48.3 Å². The van der Waals surface area contributed by atoms with E-state index in [0.29, 0.717) is 0 Å². The van der Waals surface area contributed by atoms with Crippen LogP contribution in [-0.2, 0) is 7.05 Å². The first-order valence-electron chi connectivity index (χ1n) is 10.4. The number of aromatic nitrogens is 1. The van der Waals surface area contributed by atoms with Crippen molar-refractivity contribution >= 4 is 23.9 Å². The predicted octanol–water partition coefficient (Wildman–Crippen LogP) is 4.29. The minimum atomic E-state index is 1.04. The van der Waals surface area contributed by atoms with Crippen LogP contribution >= 0.6 is 0 Å². The van der Waals surface area contributed by atoms with Crippen LogP contribution in [0, 0.1) is 0 Å². The fraction of sp³-hybridized carbons (Fsp3) is 0.0714. The number of nitrogens with zero attached hydrogens (tertiary/aromatic N) is 3. The molecule has 0 atom stereocenters. The molecule has 0 saturated carbocycles. The maximum Gasteiger partial charge on any atom is 0.204 e. The molecular formula is C28H24N3+. The van der Waals surface area contributed by atoms with Crippen molar-refractivity contribution in [1.29, 1.82) is 0 Å². The Balaban J connectivity index is 1.48. The molecular weight excluding hydrogens is 378 g/mol. The van der Waals surface area contributed by atoms with Crippen LogP contribution in [0.3, 0.4) is 0 Å². The quantitative estimate of drug-likeness (QED) is 0.468. The van der Waals surface area contributed by atoms with Gasteiger partial charge in [0.1, 0.15) is 7.05 Å². The van der Waals surface area contributed by atoms with E-state index < -0.39 is 0 Å². The van der Waals surface area contributed by atoms with Crippen LogP contribution in [0.15, 0.2) is 102 Å². The van der Waals surface area contributed by atoms with Crippen LogP contribution in [0.25, 0.3) is 29.4 Å². The number of benzene rings is 2. The van der Waals surface area contributed by atoms with E-state index in [0.717, 1.165) is 22.4 Å². The predicted molar refractivity (Wildman–Crippen MR) is 127 cm³/mol. The number of likely N-dealkylation sites (N-methyl/N-ethyl adjacent to an activating group) is 1. The Bertz CT molecular complexity index is 1400. The van der Waals surface area contributed by atoms with Crippen molar-refractivity contribution in [2.45, 2.75) is 0 Å². The molecule has 0 bridgehead atoms. The van der Waals surface area contributed by atoms with Crippen molar-refractivity contribution < 1.29 is 4.57 Å². The molecule has 0 amide bonds. The summed E-state index contributed by atoms with van der Waals surface area (Å²) in [5, 5.41) is 2.20. The lowest BCUT2D eigenvalue weighted by molar-refractivity contribution is -0.673. The molecule has 3 aromatic rings. The Labute approximate surface area is 182 Å². The first-order valence-corrected chi connectivity index (χ1v) is 10.4. The molecule has 0 N–H and O–H groups in total. The fourth-order valence-electron chi connectivity index (χ4n) is 3.85. The molecule has 5 rings (SSSR count). The Morgan fingerprint density at radius 2 is 1.84 bits per heavy atom. The smallest absolute Gasteiger partial charge is 0.204 e. The van der Waals surface area contributed by atoms with Gasteiger partial charge < -0.3 is 4.90 Å². The molecule has 3 heteroatoms. The van der Waals surface area contributed by atoms with Gasteiger partial charge in [0.15, 0.2) is 6.20 Å². The molecule has 0 radical (unpaired) electrons. The number of fused-ring (bicyclic) bond motifs is 3. The molecule has 150 valence electrons. The summed E-state index contributed by atoms with van der Waals surface area (Å²) < 4.78 is 2.11. The SMILES string of the molecule is CN1C=CC=CC1=CC=c1ccc2c(c1)-c1cc(C=Cc3cccc[n+]3C)ccc1N=2. The zero-order valence-corrected chi connectivity index (χ0v) is 17.7. The van der Waals surface area contributed by atoms with Gasteiger partial charge in [0.25, 0.3) is 0 Å². The second kappa shape index (κ2) is 8.04. The number of hydrogen-bond acceptors (Lipinski definition) is 2. The highest BCUT2D eigenvalue weighted by Gasteiger charge is 2.13. The highest BCUT2D eigenvalue weighted by molar-refractivity contribution is 5.82. The van der Waals surface area contributed by atoms with Crippen LogP contribution in [0.4, 0.5) is 5.69 Å². The standard InChI is InChI=1S/C28H24N3/c1-30-17-5-3-7-23(30)13-9-21-11-15-27-25(19-21)26-20-22(12-16-28(26)29-27)10-14-24-8-4-6-18-31(24)2/h3-20H,1-2H3/q+1. The van der Waals surface area contributed by atoms with Gasteiger partial charge in [-0.3, -0.25) is 0 Å². The van der Waals surface area contributed by atoms with Crippen LogP contribution in [0.1, 0.15) is 11.3 Å². The second-order valence-electron chi connectivity index (χ2n) is 7.80. The van der Waals surface area contributed by atoms with Gasteiger partial charge in [-0.25, -0.2) is 9.56 Å². The van der Waals surface area contributed by atoms with Crippen LogP contribution < -0.4 is 15.1 Å². The highest BCUT2D eigenvalue weighted by atomic mass is 15.1. The summed E-state index contributed by atoms with van der Waals surface area (Å²) in [4.78, 5) is 6.92. The summed E-state index contributed by atoms with van der Waals surface area (Å²) in [6.45, 7) is 0. The zero-order valence-electron chi connectivity index (χ0n) is 17.7. The van der Waals surface area contributed by atoms with Crippen molar-refractivity contribution in [3.63, 3.8) is 0 Å². The highest BCUT2D eigenvalue weighted by Crippen LogP contribution is 2.33. The molecule has 0 spiro atoms. The molecule has 2 aliphatic heterocycles. The van der Waals surface area contributed by atoms with Gasteiger partial charge in [-0.1, -0.05) is 24.3 Å². The summed E-state index contributed by atoms with van der Waals surface area (Å²) in [6.07, 6.45) is 18.9. The van der Waals surface area contributed by atoms with E-state index in [2.05, 4.69) is 121 Å². The molecule has 0 aliphatic carbocycles. The normalized spacial score (nSPS) is 16.1. The maximum absolute atomic E-state index is 4.81. The Morgan fingerprint density at radius 1 is 0.903 bits per heavy atom. The Hall–Kier alpha value is -3.98. The van der Waals surface area contributed by atoms with E-state index >= 15 is 0 Å². The van der Waals surface area contributed by atoms with Gasteiger partial charge in [0.05, 0.1) is 11.0 Å². The molecule has 0 saturated heterocycles. The average molecular weight is 403 g/mol. The average Bonchev–Trinajstić information content (AvgIpc) is 3.15. The van der Waals surface area contributed by atoms with E-state index in [1.54, 1.807) is 0 Å². The van der Waals surface area contributed by atoms with Crippen LogP contribution in [-0.4, -0.2) is 11.9 Å². The third-order valence-corrected chi connectivity index (χ3v) is 5.66. The van der Waals surface area contributed by atoms with Gasteiger partial charge in [-0.2, -0.15) is 0 Å². The molecule has 31 heavy (non-hydrogen) atoms. The summed E-state index contributed by atoms with van der Waals surface area (Å²) in [5.41, 5.74) is 6.91. The molecule has 0 unspecified atom stereocenters. The lowest BCUT2D eigenvalue weighted by Crippen LogP contribution is -2.30. The van der Waals surface area contributed by atoms with Gasteiger partial charge >= 0.3 is 0 Å². The molecule has 2 aliphatic rings. The van der Waals surface area contributed by atoms with Crippen molar-refractivity contribution in [3.8, 4) is 11.1 Å². The second-order valence-corrected chi connectivity index (χ2v) is 7.80. The molecule has 3 nitrogen and oxygen atoms in total. The van der Waals surface area contributed by atoms with Gasteiger partial charge in [-0.05, 0) is 65.4 Å². The third-order valence-electron chi connectivity index (χ3n) is 5.66. The summed E-state index contributed by atoms with van der Waals surface area (Å²) in [5.74, 6) is 0. The van der Waals surface area contributed by atoms with E-state index in [1.807, 2.05) is 12.1 Å². The van der Waals surface area contributed by atoms with E-state index in [9.17, 15) is 0 Å². The first-order chi connectivity index (χ1) is 15.2. The van der Waals surface area contributed by atoms with Gasteiger partial charge in [-0.15, -0.1) is 0 Å². The number of rotatable bonds is 3. The lowest BCUT2D eigenvalue weighted by atomic mass is 10.0. The van der Waals surface area contributed by atoms with Gasteiger partial charge in [0.2, 0.25) is 5.69 Å². The fourth-order valence-corrected chi connectivity index (χ4v) is 3.85. The third kappa shape index (κ3) is 3.90. The molecule has 2 aromatic carbocycles. The van der Waals surface area contributed by atoms with Crippen molar-refractivity contribution in [1.82, 2.24) is 4.90 Å². The summed E-state index contributed by atoms with van der Waals surface area (Å²) in [6, 6.07) is 19.1. The van der Waals surface area contributed by atoms with Crippen molar-refractivity contribution in [3.05, 3.63) is 119 Å². The monoisotopic (exact) mass is 402 g/mol. The number of hydrogen-bond donors (Lipinski definition) is 0. The maximum atomic E-state index is 4.81. The minimum Gasteiger partial charge on any atom is -0.351 e. The molecule has 3 heterocycles. The molecule has 1 aromatic heterocycles. The van der Waals surface area contributed by atoms with E-state index in [-0.39, 0.29) is 0 Å². The summed E-state index contributed by atoms with van der Waals surface area (Å²) >= 11 is 0. The number of aryl methyl sites for hydroxylation is 1. The van der Waals surface area contributed by atoms with Crippen LogP contribution in [0.5, 0.6) is 0 Å². The Morgan fingerprint density at radius 3 is 2.71 bits per heavy atom. The minimum absolute atomic E-state index is 1.04. The number of allylic oxidation sites excluding steroid dienone is 4. The zero-order chi connectivity index (χ0) is 21.2. The molecule has 0 fully saturated rings. The topological polar surface area (TPSA) is 19.5 Å². The van der Waals surface area contributed by atoms with Crippen molar-refractivity contribution in [2.24, 2.45) is 12.0 Å². The van der Waals surface area contributed by atoms with E-state index in [1.165, 1.54) is 21.9 Å². The lowest BCUT2D eigenvalue weighted by Gasteiger charge is -2.17. The first kappa shape index (κ1) is 19.0. The van der Waals surface area contributed by atoms with Crippen molar-refractivity contribution in [2.75, 3.05) is 7.05 Å². The van der Waals surface area contributed by atoms with E-state index in [4.69, 9.17) is 4.99 Å².